The van der Waals surface area contributed by atoms with Gasteiger partial charge >= 0.3 is 0 Å². The van der Waals surface area contributed by atoms with Crippen molar-refractivity contribution in [1.82, 2.24) is 15.2 Å². The third kappa shape index (κ3) is 5.29. The van der Waals surface area contributed by atoms with Crippen LogP contribution in [-0.4, -0.2) is 49.5 Å². The van der Waals surface area contributed by atoms with E-state index in [1.54, 1.807) is 12.3 Å². The van der Waals surface area contributed by atoms with E-state index >= 15 is 0 Å². The van der Waals surface area contributed by atoms with Gasteiger partial charge in [-0.05, 0) is 56.8 Å². The van der Waals surface area contributed by atoms with Crippen molar-refractivity contribution in [3.8, 4) is 0 Å². The van der Waals surface area contributed by atoms with Gasteiger partial charge in [-0.2, -0.15) is 0 Å². The Bertz CT molecular complexity index is 770. The van der Waals surface area contributed by atoms with Gasteiger partial charge in [0.1, 0.15) is 11.6 Å². The number of pyridine rings is 1. The zero-order valence-corrected chi connectivity index (χ0v) is 16.7. The molecule has 1 saturated heterocycles. The van der Waals surface area contributed by atoms with E-state index in [1.165, 1.54) is 37.8 Å². The Kier molecular flexibility index (Phi) is 6.98. The molecule has 0 aliphatic carbocycles. The third-order valence-corrected chi connectivity index (χ3v) is 5.25. The summed E-state index contributed by atoms with van der Waals surface area (Å²) in [5, 5.41) is 2.95. The Morgan fingerprint density at radius 2 is 1.93 bits per heavy atom. The molecule has 2 heterocycles. The predicted octanol–water partition coefficient (Wildman–Crippen LogP) is 3.63. The number of hydrogen-bond donors (Lipinski definition) is 1. The fourth-order valence-electron chi connectivity index (χ4n) is 3.61. The molecule has 28 heavy (non-hydrogen) atoms. The predicted molar refractivity (Wildman–Crippen MR) is 110 cm³/mol. The molecule has 3 rings (SSSR count). The molecule has 1 aliphatic heterocycles. The molecule has 1 fully saturated rings. The summed E-state index contributed by atoms with van der Waals surface area (Å²) in [4.78, 5) is 21.3. The minimum Gasteiger partial charge on any atom is -0.357 e. The number of likely N-dealkylation sites (N-methyl/N-ethyl adjacent to an activating group) is 1. The second-order valence-electron chi connectivity index (χ2n) is 7.55. The van der Waals surface area contributed by atoms with Crippen LogP contribution in [0.2, 0.25) is 0 Å². The van der Waals surface area contributed by atoms with Crippen molar-refractivity contribution in [3.63, 3.8) is 0 Å². The topological polar surface area (TPSA) is 48.5 Å². The van der Waals surface area contributed by atoms with Crippen molar-refractivity contribution in [3.05, 3.63) is 59.5 Å². The van der Waals surface area contributed by atoms with E-state index in [1.807, 2.05) is 37.2 Å². The van der Waals surface area contributed by atoms with Crippen molar-refractivity contribution in [2.24, 2.45) is 0 Å². The van der Waals surface area contributed by atoms with Crippen molar-refractivity contribution < 1.29 is 9.18 Å². The summed E-state index contributed by atoms with van der Waals surface area (Å²) in [6, 6.07) is 10.1. The highest BCUT2D eigenvalue weighted by Crippen LogP contribution is 2.19. The average Bonchev–Trinajstić information content (AvgIpc) is 2.97. The molecular formula is C22H29FN4O. The summed E-state index contributed by atoms with van der Waals surface area (Å²) >= 11 is 0. The van der Waals surface area contributed by atoms with Crippen LogP contribution < -0.4 is 10.2 Å². The smallest absolute Gasteiger partial charge is 0.252 e. The van der Waals surface area contributed by atoms with Gasteiger partial charge in [-0.1, -0.05) is 25.0 Å². The highest BCUT2D eigenvalue weighted by Gasteiger charge is 2.17. The van der Waals surface area contributed by atoms with Crippen molar-refractivity contribution in [1.29, 1.82) is 0 Å². The molecule has 2 aromatic rings. The molecule has 0 bridgehead atoms. The van der Waals surface area contributed by atoms with Gasteiger partial charge in [0.25, 0.3) is 5.91 Å². The van der Waals surface area contributed by atoms with E-state index in [4.69, 9.17) is 0 Å². The lowest BCUT2D eigenvalue weighted by Gasteiger charge is -2.25. The van der Waals surface area contributed by atoms with Gasteiger partial charge < -0.3 is 15.1 Å². The Balaban J connectivity index is 1.62. The lowest BCUT2D eigenvalue weighted by molar-refractivity contribution is 0.0941. The highest BCUT2D eigenvalue weighted by molar-refractivity contribution is 5.94. The Hall–Kier alpha value is -2.47. The molecule has 6 heteroatoms. The first-order valence-corrected chi connectivity index (χ1v) is 9.95. The fraction of sp³-hybridized carbons (Fsp3) is 0.455. The molecule has 150 valence electrons. The Labute approximate surface area is 166 Å². The lowest BCUT2D eigenvalue weighted by atomic mass is 10.1. The molecule has 1 atom stereocenters. The summed E-state index contributed by atoms with van der Waals surface area (Å²) in [5.41, 5.74) is 1.37. The quantitative estimate of drug-likeness (QED) is 0.826. The zero-order chi connectivity index (χ0) is 19.9. The number of rotatable bonds is 6. The molecule has 0 radical (unpaired) electrons. The van der Waals surface area contributed by atoms with E-state index in [9.17, 15) is 9.18 Å². The van der Waals surface area contributed by atoms with Gasteiger partial charge in [0, 0.05) is 25.8 Å². The standard InChI is InChI=1S/C22H29FN4O/c1-26(2)20(17-8-7-9-19(23)14-17)16-25-22(28)18-10-11-21(24-15-18)27-12-5-3-4-6-13-27/h7-11,14-15,20H,3-6,12-13,16H2,1-2H3,(H,25,28). The first-order valence-electron chi connectivity index (χ1n) is 9.95. The van der Waals surface area contributed by atoms with E-state index in [0.29, 0.717) is 12.1 Å². The third-order valence-electron chi connectivity index (χ3n) is 5.25. The monoisotopic (exact) mass is 384 g/mol. The number of benzene rings is 1. The molecule has 5 nitrogen and oxygen atoms in total. The van der Waals surface area contributed by atoms with Crippen LogP contribution in [0.5, 0.6) is 0 Å². The van der Waals surface area contributed by atoms with Gasteiger partial charge in [0.2, 0.25) is 0 Å². The number of nitrogens with one attached hydrogen (secondary N) is 1. The minimum atomic E-state index is -0.274. The van der Waals surface area contributed by atoms with E-state index in [0.717, 1.165) is 24.5 Å². The second-order valence-corrected chi connectivity index (χ2v) is 7.55. The van der Waals surface area contributed by atoms with Crippen LogP contribution in [0.4, 0.5) is 10.2 Å². The maximum Gasteiger partial charge on any atom is 0.252 e. The molecule has 1 amide bonds. The summed E-state index contributed by atoms with van der Waals surface area (Å²) in [6.45, 7) is 2.44. The molecular weight excluding hydrogens is 355 g/mol. The second kappa shape index (κ2) is 9.64. The molecule has 1 aliphatic rings. The number of halogens is 1. The van der Waals surface area contributed by atoms with Crippen molar-refractivity contribution >= 4 is 11.7 Å². The molecule has 1 N–H and O–H groups in total. The van der Waals surface area contributed by atoms with Crippen LogP contribution in [-0.2, 0) is 0 Å². The lowest BCUT2D eigenvalue weighted by Crippen LogP contribution is -2.34. The maximum absolute atomic E-state index is 13.6. The van der Waals surface area contributed by atoms with Gasteiger partial charge in [0.15, 0.2) is 0 Å². The largest absolute Gasteiger partial charge is 0.357 e. The Morgan fingerprint density at radius 1 is 1.18 bits per heavy atom. The molecule has 1 aromatic carbocycles. The van der Waals surface area contributed by atoms with Crippen molar-refractivity contribution in [2.45, 2.75) is 31.7 Å². The normalized spacial score (nSPS) is 15.9. The number of amides is 1. The van der Waals surface area contributed by atoms with Crippen molar-refractivity contribution in [2.75, 3.05) is 38.6 Å². The van der Waals surface area contributed by atoms with E-state index in [-0.39, 0.29) is 17.8 Å². The zero-order valence-electron chi connectivity index (χ0n) is 16.7. The van der Waals surface area contributed by atoms with Gasteiger partial charge in [-0.3, -0.25) is 4.79 Å². The summed E-state index contributed by atoms with van der Waals surface area (Å²) < 4.78 is 13.6. The van der Waals surface area contributed by atoms with Gasteiger partial charge in [-0.25, -0.2) is 9.37 Å². The highest BCUT2D eigenvalue weighted by atomic mass is 19.1. The van der Waals surface area contributed by atoms with Crippen LogP contribution in [0.15, 0.2) is 42.6 Å². The number of anilines is 1. The van der Waals surface area contributed by atoms with Crippen LogP contribution in [0.25, 0.3) is 0 Å². The average molecular weight is 384 g/mol. The molecule has 1 unspecified atom stereocenters. The number of carbonyl (C=O) groups is 1. The van der Waals surface area contributed by atoms with Crippen LogP contribution in [0.3, 0.4) is 0 Å². The first-order chi connectivity index (χ1) is 13.5. The molecule has 1 aromatic heterocycles. The van der Waals surface area contributed by atoms with Crippen LogP contribution in [0.1, 0.15) is 47.6 Å². The molecule has 0 spiro atoms. The summed E-state index contributed by atoms with van der Waals surface area (Å²) in [7, 11) is 3.83. The number of nitrogens with zero attached hydrogens (tertiary/aromatic N) is 3. The van der Waals surface area contributed by atoms with Crippen LogP contribution >= 0.6 is 0 Å². The van der Waals surface area contributed by atoms with E-state index < -0.39 is 0 Å². The minimum absolute atomic E-state index is 0.107. The van der Waals surface area contributed by atoms with Gasteiger partial charge in [-0.15, -0.1) is 0 Å². The number of carbonyl (C=O) groups excluding carboxylic acids is 1. The van der Waals surface area contributed by atoms with E-state index in [2.05, 4.69) is 15.2 Å². The Morgan fingerprint density at radius 3 is 2.54 bits per heavy atom. The fourth-order valence-corrected chi connectivity index (χ4v) is 3.61. The number of aromatic nitrogens is 1. The first kappa shape index (κ1) is 20.3. The summed E-state index contributed by atoms with van der Waals surface area (Å²) in [5.74, 6) is 0.492. The summed E-state index contributed by atoms with van der Waals surface area (Å²) in [6.07, 6.45) is 6.57. The maximum atomic E-state index is 13.6. The van der Waals surface area contributed by atoms with Gasteiger partial charge in [0.05, 0.1) is 11.6 Å². The van der Waals surface area contributed by atoms with Crippen LogP contribution in [0, 0.1) is 5.82 Å². The number of hydrogen-bond acceptors (Lipinski definition) is 4. The molecule has 0 saturated carbocycles. The SMILES string of the molecule is CN(C)C(CNC(=O)c1ccc(N2CCCCCC2)nc1)c1cccc(F)c1.